The third kappa shape index (κ3) is 3.49. The first kappa shape index (κ1) is 16.8. The highest BCUT2D eigenvalue weighted by Gasteiger charge is 2.26. The lowest BCUT2D eigenvalue weighted by atomic mass is 10.1. The molecule has 1 atom stereocenters. The molecule has 1 N–H and O–H groups in total. The summed E-state index contributed by atoms with van der Waals surface area (Å²) in [6.07, 6.45) is 3.32. The van der Waals surface area contributed by atoms with E-state index in [-0.39, 0.29) is 12.0 Å². The monoisotopic (exact) mass is 367 g/mol. The van der Waals surface area contributed by atoms with E-state index in [1.54, 1.807) is 12.4 Å². The van der Waals surface area contributed by atoms with Gasteiger partial charge in [0.15, 0.2) is 0 Å². The van der Waals surface area contributed by atoms with Crippen molar-refractivity contribution in [3.63, 3.8) is 0 Å². The van der Waals surface area contributed by atoms with Gasteiger partial charge in [0, 0.05) is 35.1 Å². The number of morpholine rings is 1. The van der Waals surface area contributed by atoms with E-state index in [2.05, 4.69) is 9.97 Å². The fourth-order valence-electron chi connectivity index (χ4n) is 3.12. The van der Waals surface area contributed by atoms with Gasteiger partial charge < -0.3 is 14.6 Å². The molecular formula is C20H18ClN3O2. The van der Waals surface area contributed by atoms with Crippen LogP contribution in [-0.2, 0) is 4.74 Å². The molecule has 1 fully saturated rings. The molecule has 26 heavy (non-hydrogen) atoms. The minimum Gasteiger partial charge on any atom is -0.370 e. The number of aromatic amines is 1. The van der Waals surface area contributed by atoms with Crippen LogP contribution in [0.4, 0.5) is 0 Å². The number of hydrogen-bond donors (Lipinski definition) is 1. The second-order valence-corrected chi connectivity index (χ2v) is 6.62. The van der Waals surface area contributed by atoms with Crippen molar-refractivity contribution in [1.82, 2.24) is 14.9 Å². The summed E-state index contributed by atoms with van der Waals surface area (Å²) in [4.78, 5) is 22.1. The van der Waals surface area contributed by atoms with Crippen LogP contribution in [0, 0.1) is 0 Å². The average molecular weight is 368 g/mol. The maximum atomic E-state index is 13.0. The van der Waals surface area contributed by atoms with Gasteiger partial charge >= 0.3 is 0 Å². The molecule has 1 amide bonds. The van der Waals surface area contributed by atoms with E-state index >= 15 is 0 Å². The summed E-state index contributed by atoms with van der Waals surface area (Å²) in [5, 5.41) is 0.687. The fraction of sp³-hybridized carbons (Fsp3) is 0.200. The molecular weight excluding hydrogens is 350 g/mol. The minimum atomic E-state index is -0.141. The molecule has 132 valence electrons. The van der Waals surface area contributed by atoms with Gasteiger partial charge in [-0.3, -0.25) is 4.79 Å². The number of halogens is 1. The molecule has 0 bridgehead atoms. The number of ether oxygens (including phenoxy) is 1. The van der Waals surface area contributed by atoms with Gasteiger partial charge in [-0.2, -0.15) is 0 Å². The molecule has 0 saturated carbocycles. The van der Waals surface area contributed by atoms with Crippen molar-refractivity contribution >= 4 is 17.5 Å². The average Bonchev–Trinajstić information content (AvgIpc) is 3.23. The Morgan fingerprint density at radius 2 is 2.08 bits per heavy atom. The number of rotatable bonds is 3. The van der Waals surface area contributed by atoms with E-state index in [9.17, 15) is 4.79 Å². The Bertz CT molecular complexity index is 894. The maximum absolute atomic E-state index is 13.0. The van der Waals surface area contributed by atoms with Gasteiger partial charge in [0.1, 0.15) is 11.9 Å². The van der Waals surface area contributed by atoms with Gasteiger partial charge in [-0.25, -0.2) is 4.98 Å². The number of carbonyl (C=O) groups is 1. The molecule has 0 radical (unpaired) electrons. The van der Waals surface area contributed by atoms with Gasteiger partial charge in [-0.05, 0) is 29.8 Å². The van der Waals surface area contributed by atoms with Crippen LogP contribution in [0.15, 0.2) is 60.9 Å². The third-order valence-electron chi connectivity index (χ3n) is 4.48. The van der Waals surface area contributed by atoms with Gasteiger partial charge in [-0.1, -0.05) is 35.9 Å². The van der Waals surface area contributed by atoms with Crippen molar-refractivity contribution in [2.75, 3.05) is 19.7 Å². The minimum absolute atomic E-state index is 0.000620. The normalized spacial score (nSPS) is 17.3. The number of nitrogens with one attached hydrogen (secondary N) is 1. The van der Waals surface area contributed by atoms with Gasteiger partial charge in [-0.15, -0.1) is 0 Å². The molecule has 3 aromatic rings. The first-order valence-electron chi connectivity index (χ1n) is 8.47. The molecule has 1 aliphatic heterocycles. The Hall–Kier alpha value is -2.63. The van der Waals surface area contributed by atoms with Gasteiger partial charge in [0.05, 0.1) is 13.2 Å². The van der Waals surface area contributed by atoms with Crippen LogP contribution in [0.25, 0.3) is 11.4 Å². The Morgan fingerprint density at radius 1 is 1.23 bits per heavy atom. The highest BCUT2D eigenvalue weighted by atomic mass is 35.5. The molecule has 0 aliphatic carbocycles. The van der Waals surface area contributed by atoms with E-state index in [1.807, 2.05) is 53.4 Å². The van der Waals surface area contributed by atoms with Crippen molar-refractivity contribution in [2.45, 2.75) is 6.10 Å². The third-order valence-corrected chi connectivity index (χ3v) is 4.73. The number of imidazole rings is 1. The molecule has 1 aliphatic rings. The number of hydrogen-bond acceptors (Lipinski definition) is 3. The molecule has 2 heterocycles. The summed E-state index contributed by atoms with van der Waals surface area (Å²) in [6.45, 7) is 1.61. The van der Waals surface area contributed by atoms with Crippen LogP contribution in [0.2, 0.25) is 5.02 Å². The maximum Gasteiger partial charge on any atom is 0.254 e. The zero-order chi connectivity index (χ0) is 17.9. The number of H-pyrrole nitrogens is 1. The molecule has 4 rings (SSSR count). The molecule has 1 aromatic heterocycles. The summed E-state index contributed by atoms with van der Waals surface area (Å²) in [5.74, 6) is 0.751. The smallest absolute Gasteiger partial charge is 0.254 e. The van der Waals surface area contributed by atoms with Crippen molar-refractivity contribution in [3.05, 3.63) is 77.1 Å². The number of amides is 1. The Balaban J connectivity index is 1.52. The number of aromatic nitrogens is 2. The van der Waals surface area contributed by atoms with E-state index in [0.29, 0.717) is 30.3 Å². The van der Waals surface area contributed by atoms with Crippen LogP contribution in [0.1, 0.15) is 22.0 Å². The largest absolute Gasteiger partial charge is 0.370 e. The Labute approximate surface area is 156 Å². The molecule has 1 saturated heterocycles. The predicted molar refractivity (Wildman–Crippen MR) is 100 cm³/mol. The molecule has 5 nitrogen and oxygen atoms in total. The van der Waals surface area contributed by atoms with E-state index < -0.39 is 0 Å². The number of benzene rings is 2. The zero-order valence-electron chi connectivity index (χ0n) is 14.1. The number of nitrogens with zero attached hydrogens (tertiary/aromatic N) is 2. The van der Waals surface area contributed by atoms with Crippen molar-refractivity contribution in [1.29, 1.82) is 0 Å². The van der Waals surface area contributed by atoms with Crippen LogP contribution in [-0.4, -0.2) is 40.5 Å². The van der Waals surface area contributed by atoms with Crippen molar-refractivity contribution < 1.29 is 9.53 Å². The zero-order valence-corrected chi connectivity index (χ0v) is 14.8. The molecule has 0 unspecified atom stereocenters. The summed E-state index contributed by atoms with van der Waals surface area (Å²) in [7, 11) is 0. The quantitative estimate of drug-likeness (QED) is 0.762. The van der Waals surface area contributed by atoms with Gasteiger partial charge in [0.25, 0.3) is 5.91 Å². The lowest BCUT2D eigenvalue weighted by Gasteiger charge is -2.33. The van der Waals surface area contributed by atoms with E-state index in [4.69, 9.17) is 16.3 Å². The second-order valence-electron chi connectivity index (χ2n) is 6.18. The topological polar surface area (TPSA) is 58.2 Å². The highest BCUT2D eigenvalue weighted by molar-refractivity contribution is 6.30. The lowest BCUT2D eigenvalue weighted by molar-refractivity contribution is -0.0228. The second kappa shape index (κ2) is 7.32. The summed E-state index contributed by atoms with van der Waals surface area (Å²) in [6, 6.07) is 15.1. The van der Waals surface area contributed by atoms with Crippen molar-refractivity contribution in [2.24, 2.45) is 0 Å². The molecule has 6 heteroatoms. The van der Waals surface area contributed by atoms with Crippen LogP contribution >= 0.6 is 11.6 Å². The predicted octanol–water partition coefficient (Wildman–Crippen LogP) is 3.94. The first-order valence-corrected chi connectivity index (χ1v) is 8.84. The SMILES string of the molecule is O=C(c1cccc(-c2ncc[nH]2)c1)N1CCO[C@@H](c2ccc(Cl)cc2)C1. The van der Waals surface area contributed by atoms with Crippen molar-refractivity contribution in [3.8, 4) is 11.4 Å². The van der Waals surface area contributed by atoms with Crippen LogP contribution in [0.5, 0.6) is 0 Å². The number of carbonyl (C=O) groups excluding carboxylic acids is 1. The Kier molecular flexibility index (Phi) is 4.73. The van der Waals surface area contributed by atoms with Crippen LogP contribution in [0.3, 0.4) is 0 Å². The van der Waals surface area contributed by atoms with Gasteiger partial charge in [0.2, 0.25) is 0 Å². The summed E-state index contributed by atoms with van der Waals surface area (Å²) >= 11 is 5.95. The van der Waals surface area contributed by atoms with E-state index in [1.165, 1.54) is 0 Å². The van der Waals surface area contributed by atoms with Crippen LogP contribution < -0.4 is 0 Å². The fourth-order valence-corrected chi connectivity index (χ4v) is 3.24. The molecule has 0 spiro atoms. The van der Waals surface area contributed by atoms with E-state index in [0.717, 1.165) is 17.0 Å². The Morgan fingerprint density at radius 3 is 2.85 bits per heavy atom. The first-order chi connectivity index (χ1) is 12.7. The standard InChI is InChI=1S/C20H18ClN3O2/c21-17-6-4-14(5-7-17)18-13-24(10-11-26-18)20(25)16-3-1-2-15(12-16)19-22-8-9-23-19/h1-9,12,18H,10-11,13H2,(H,22,23)/t18-/m1/s1. The summed E-state index contributed by atoms with van der Waals surface area (Å²) < 4.78 is 5.85. The molecule has 2 aromatic carbocycles. The highest BCUT2D eigenvalue weighted by Crippen LogP contribution is 2.25. The lowest BCUT2D eigenvalue weighted by Crippen LogP contribution is -2.42. The summed E-state index contributed by atoms with van der Waals surface area (Å²) in [5.41, 5.74) is 2.57.